The van der Waals surface area contributed by atoms with E-state index in [9.17, 15) is 20.1 Å². The molecule has 0 saturated carbocycles. The molecule has 5 atom stereocenters. The number of carboxylic acids is 1. The summed E-state index contributed by atoms with van der Waals surface area (Å²) in [6.45, 7) is 0. The highest BCUT2D eigenvalue weighted by molar-refractivity contribution is 5.88. The van der Waals surface area contributed by atoms with Crippen LogP contribution in [0.5, 0.6) is 5.75 Å². The van der Waals surface area contributed by atoms with E-state index in [1.54, 1.807) is 18.2 Å². The molecule has 1 saturated heterocycles. The second-order valence-electron chi connectivity index (χ2n) is 5.33. The Morgan fingerprint density at radius 1 is 0.957 bits per heavy atom. The highest BCUT2D eigenvalue weighted by atomic mass is 16.7. The number of aliphatic hydroxyl groups is 3. The molecule has 0 bridgehead atoms. The van der Waals surface area contributed by atoms with Crippen LogP contribution in [0.15, 0.2) is 42.5 Å². The Kier molecular flexibility index (Phi) is 4.18. The topological polar surface area (TPSA) is 116 Å². The number of benzene rings is 2. The van der Waals surface area contributed by atoms with Gasteiger partial charge < -0.3 is 29.9 Å². The highest BCUT2D eigenvalue weighted by Gasteiger charge is 2.48. The Hall–Kier alpha value is -2.19. The van der Waals surface area contributed by atoms with Gasteiger partial charge in [0.2, 0.25) is 6.29 Å². The maximum atomic E-state index is 11.1. The van der Waals surface area contributed by atoms with Crippen LogP contribution < -0.4 is 4.74 Å². The molecule has 1 heterocycles. The average molecular weight is 320 g/mol. The van der Waals surface area contributed by atoms with Crippen molar-refractivity contribution in [3.05, 3.63) is 42.5 Å². The summed E-state index contributed by atoms with van der Waals surface area (Å²) < 4.78 is 10.7. The molecule has 3 rings (SSSR count). The molecule has 0 unspecified atom stereocenters. The van der Waals surface area contributed by atoms with Gasteiger partial charge in [-0.05, 0) is 11.5 Å². The molecule has 7 nitrogen and oxygen atoms in total. The number of aliphatic carboxylic acids is 1. The van der Waals surface area contributed by atoms with E-state index in [1.165, 1.54) is 0 Å². The zero-order valence-electron chi connectivity index (χ0n) is 11.9. The minimum absolute atomic E-state index is 0.375. The number of aliphatic hydroxyl groups excluding tert-OH is 3. The summed E-state index contributed by atoms with van der Waals surface area (Å²) in [5, 5.41) is 40.1. The SMILES string of the molecule is O=C(O)[C@@H]1O[C@@H](Oc2cccc3ccccc23)[C@H](O)[C@H](O)[C@@H]1O. The molecule has 1 fully saturated rings. The molecular weight excluding hydrogens is 304 g/mol. The van der Waals surface area contributed by atoms with Crippen molar-refractivity contribution in [1.29, 1.82) is 0 Å². The second kappa shape index (κ2) is 6.13. The number of fused-ring (bicyclic) bond motifs is 1. The van der Waals surface area contributed by atoms with E-state index >= 15 is 0 Å². The van der Waals surface area contributed by atoms with E-state index < -0.39 is 36.7 Å². The lowest BCUT2D eigenvalue weighted by Gasteiger charge is -2.38. The number of hydrogen-bond donors (Lipinski definition) is 4. The van der Waals surface area contributed by atoms with E-state index in [2.05, 4.69) is 0 Å². The van der Waals surface area contributed by atoms with Crippen LogP contribution in [-0.4, -0.2) is 57.1 Å². The van der Waals surface area contributed by atoms with Gasteiger partial charge in [0.1, 0.15) is 24.1 Å². The molecule has 122 valence electrons. The summed E-state index contributed by atoms with van der Waals surface area (Å²) in [7, 11) is 0. The van der Waals surface area contributed by atoms with E-state index in [-0.39, 0.29) is 0 Å². The molecule has 23 heavy (non-hydrogen) atoms. The first kappa shape index (κ1) is 15.7. The minimum atomic E-state index is -1.74. The third-order valence-corrected chi connectivity index (χ3v) is 3.81. The zero-order chi connectivity index (χ0) is 16.6. The average Bonchev–Trinajstić information content (AvgIpc) is 2.55. The van der Waals surface area contributed by atoms with Crippen LogP contribution in [0.2, 0.25) is 0 Å². The van der Waals surface area contributed by atoms with Crippen LogP contribution in [0.4, 0.5) is 0 Å². The lowest BCUT2D eigenvalue weighted by molar-refractivity contribution is -0.270. The summed E-state index contributed by atoms with van der Waals surface area (Å²) in [6.07, 6.45) is -8.12. The van der Waals surface area contributed by atoms with Crippen LogP contribution in [-0.2, 0) is 9.53 Å². The summed E-state index contributed by atoms with van der Waals surface area (Å²) in [5.41, 5.74) is 0. The molecule has 1 aliphatic heterocycles. The van der Waals surface area contributed by atoms with Crippen molar-refractivity contribution in [2.24, 2.45) is 0 Å². The molecule has 1 aliphatic rings. The van der Waals surface area contributed by atoms with Gasteiger partial charge in [0.15, 0.2) is 6.10 Å². The van der Waals surface area contributed by atoms with Crippen LogP contribution in [0, 0.1) is 0 Å². The Labute approximate surface area is 131 Å². The smallest absolute Gasteiger partial charge is 0.335 e. The van der Waals surface area contributed by atoms with Gasteiger partial charge in [-0.2, -0.15) is 0 Å². The van der Waals surface area contributed by atoms with Crippen LogP contribution in [0.25, 0.3) is 10.8 Å². The van der Waals surface area contributed by atoms with Crippen LogP contribution in [0.3, 0.4) is 0 Å². The summed E-state index contributed by atoms with van der Waals surface area (Å²) in [4.78, 5) is 11.1. The van der Waals surface area contributed by atoms with Crippen molar-refractivity contribution in [3.63, 3.8) is 0 Å². The van der Waals surface area contributed by atoms with Gasteiger partial charge in [0, 0.05) is 5.39 Å². The normalized spacial score (nSPS) is 31.0. The first-order valence-corrected chi connectivity index (χ1v) is 7.06. The lowest BCUT2D eigenvalue weighted by atomic mass is 9.99. The molecule has 0 aliphatic carbocycles. The second-order valence-corrected chi connectivity index (χ2v) is 5.33. The lowest BCUT2D eigenvalue weighted by Crippen LogP contribution is -2.61. The van der Waals surface area contributed by atoms with E-state index in [0.717, 1.165) is 10.8 Å². The largest absolute Gasteiger partial charge is 0.479 e. The monoisotopic (exact) mass is 320 g/mol. The van der Waals surface area contributed by atoms with Gasteiger partial charge >= 0.3 is 5.97 Å². The summed E-state index contributed by atoms with van der Waals surface area (Å²) in [5.74, 6) is -1.07. The number of carbonyl (C=O) groups is 1. The van der Waals surface area contributed by atoms with Gasteiger partial charge in [0.05, 0.1) is 0 Å². The van der Waals surface area contributed by atoms with Gasteiger partial charge in [-0.25, -0.2) is 4.79 Å². The molecule has 4 N–H and O–H groups in total. The highest BCUT2D eigenvalue weighted by Crippen LogP contribution is 2.29. The fourth-order valence-corrected chi connectivity index (χ4v) is 2.57. The van der Waals surface area contributed by atoms with Crippen molar-refractivity contribution in [2.75, 3.05) is 0 Å². The standard InChI is InChI=1S/C16H16O7/c17-11-12(18)14(15(20)21)23-16(13(11)19)22-10-7-3-5-8-4-1-2-6-9(8)10/h1-7,11-14,16-19H,(H,20,21)/t11-,12+,13-,14-,16-/m1/s1. The summed E-state index contributed by atoms with van der Waals surface area (Å²) in [6, 6.07) is 12.6. The number of rotatable bonds is 3. The maximum absolute atomic E-state index is 11.1. The molecule has 0 amide bonds. The third kappa shape index (κ3) is 2.87. The maximum Gasteiger partial charge on any atom is 0.335 e. The predicted octanol–water partition coefficient (Wildman–Crippen LogP) is 0.111. The van der Waals surface area contributed by atoms with Crippen molar-refractivity contribution < 1.29 is 34.7 Å². The fraction of sp³-hybridized carbons (Fsp3) is 0.312. The fourth-order valence-electron chi connectivity index (χ4n) is 2.57. The molecular formula is C16H16O7. The molecule has 2 aromatic carbocycles. The Balaban J connectivity index is 1.90. The molecule has 0 radical (unpaired) electrons. The first-order chi connectivity index (χ1) is 11.0. The van der Waals surface area contributed by atoms with Gasteiger partial charge in [-0.1, -0.05) is 36.4 Å². The number of carboxylic acid groups (broad SMARTS) is 1. The van der Waals surface area contributed by atoms with E-state index in [4.69, 9.17) is 14.6 Å². The zero-order valence-corrected chi connectivity index (χ0v) is 11.9. The Morgan fingerprint density at radius 2 is 1.65 bits per heavy atom. The van der Waals surface area contributed by atoms with Gasteiger partial charge in [-0.3, -0.25) is 0 Å². The van der Waals surface area contributed by atoms with Crippen molar-refractivity contribution >= 4 is 16.7 Å². The van der Waals surface area contributed by atoms with E-state index in [0.29, 0.717) is 5.75 Å². The Morgan fingerprint density at radius 3 is 2.39 bits per heavy atom. The molecule has 0 aromatic heterocycles. The van der Waals surface area contributed by atoms with Crippen molar-refractivity contribution in [1.82, 2.24) is 0 Å². The number of ether oxygens (including phenoxy) is 2. The summed E-state index contributed by atoms with van der Waals surface area (Å²) >= 11 is 0. The Bertz CT molecular complexity index is 711. The van der Waals surface area contributed by atoms with E-state index in [1.807, 2.05) is 24.3 Å². The van der Waals surface area contributed by atoms with Gasteiger partial charge in [0.25, 0.3) is 0 Å². The molecule has 7 heteroatoms. The first-order valence-electron chi connectivity index (χ1n) is 7.06. The number of hydrogen-bond acceptors (Lipinski definition) is 6. The quantitative estimate of drug-likeness (QED) is 0.634. The minimum Gasteiger partial charge on any atom is -0.479 e. The molecule has 0 spiro atoms. The van der Waals surface area contributed by atoms with Gasteiger partial charge in [-0.15, -0.1) is 0 Å². The van der Waals surface area contributed by atoms with Crippen molar-refractivity contribution in [3.8, 4) is 5.75 Å². The third-order valence-electron chi connectivity index (χ3n) is 3.81. The molecule has 2 aromatic rings. The predicted molar refractivity (Wildman–Crippen MR) is 78.9 cm³/mol. The van der Waals surface area contributed by atoms with Crippen LogP contribution in [0.1, 0.15) is 0 Å². The van der Waals surface area contributed by atoms with Crippen molar-refractivity contribution in [2.45, 2.75) is 30.7 Å². The van der Waals surface area contributed by atoms with Crippen LogP contribution >= 0.6 is 0 Å².